The molecule has 0 N–H and O–H groups in total. The molecule has 28 heavy (non-hydrogen) atoms. The van der Waals surface area contributed by atoms with Gasteiger partial charge in [0, 0.05) is 37.1 Å². The SMILES string of the molecule is CN(Cc1ccncc1)C(=O)c1cc(-c2ccco2)n(-c2ccc(Cl)cc2)n1. The number of hydrogen-bond acceptors (Lipinski definition) is 4. The molecule has 4 rings (SSSR count). The summed E-state index contributed by atoms with van der Waals surface area (Å²) in [5.41, 5.74) is 2.80. The zero-order valence-electron chi connectivity index (χ0n) is 15.1. The molecule has 0 saturated carbocycles. The maximum atomic E-state index is 13.0. The number of pyridine rings is 1. The summed E-state index contributed by atoms with van der Waals surface area (Å²) in [4.78, 5) is 18.6. The van der Waals surface area contributed by atoms with Crippen molar-refractivity contribution in [1.82, 2.24) is 19.7 Å². The molecule has 4 aromatic rings. The summed E-state index contributed by atoms with van der Waals surface area (Å²) in [7, 11) is 1.75. The average Bonchev–Trinajstić information content (AvgIpc) is 3.38. The lowest BCUT2D eigenvalue weighted by atomic mass is 10.2. The Morgan fingerprint density at radius 2 is 1.89 bits per heavy atom. The van der Waals surface area contributed by atoms with E-state index < -0.39 is 0 Å². The predicted octanol–water partition coefficient (Wildman–Crippen LogP) is 4.45. The van der Waals surface area contributed by atoms with Crippen LogP contribution < -0.4 is 0 Å². The summed E-state index contributed by atoms with van der Waals surface area (Å²) in [5.74, 6) is 0.440. The minimum absolute atomic E-state index is 0.183. The van der Waals surface area contributed by atoms with Crippen LogP contribution in [0.25, 0.3) is 17.1 Å². The minimum atomic E-state index is -0.183. The van der Waals surface area contributed by atoms with Crippen LogP contribution in [0.5, 0.6) is 0 Å². The van der Waals surface area contributed by atoms with Gasteiger partial charge in [-0.1, -0.05) is 11.6 Å². The van der Waals surface area contributed by atoms with Gasteiger partial charge in [0.05, 0.1) is 12.0 Å². The topological polar surface area (TPSA) is 64.2 Å². The summed E-state index contributed by atoms with van der Waals surface area (Å²) in [5, 5.41) is 5.17. The monoisotopic (exact) mass is 392 g/mol. The standard InChI is InChI=1S/C21H17ClN4O2/c1-25(14-15-8-10-23-11-9-15)21(27)18-13-19(20-3-2-12-28-20)26(24-18)17-6-4-16(22)5-7-17/h2-13H,14H2,1H3. The second kappa shape index (κ2) is 7.70. The molecule has 0 radical (unpaired) electrons. The van der Waals surface area contributed by atoms with Gasteiger partial charge in [-0.05, 0) is 54.1 Å². The molecular weight excluding hydrogens is 376 g/mol. The van der Waals surface area contributed by atoms with Gasteiger partial charge in [-0.15, -0.1) is 0 Å². The molecule has 3 heterocycles. The molecule has 1 amide bonds. The van der Waals surface area contributed by atoms with Gasteiger partial charge in [-0.3, -0.25) is 9.78 Å². The van der Waals surface area contributed by atoms with Crippen molar-refractivity contribution >= 4 is 17.5 Å². The van der Waals surface area contributed by atoms with Crippen LogP contribution in [-0.4, -0.2) is 32.6 Å². The Morgan fingerprint density at radius 1 is 1.14 bits per heavy atom. The van der Waals surface area contributed by atoms with E-state index in [9.17, 15) is 4.79 Å². The molecule has 0 aliphatic carbocycles. The van der Waals surface area contributed by atoms with Gasteiger partial charge in [0.1, 0.15) is 5.69 Å². The fourth-order valence-corrected chi connectivity index (χ4v) is 3.02. The summed E-state index contributed by atoms with van der Waals surface area (Å²) in [6.45, 7) is 0.464. The van der Waals surface area contributed by atoms with E-state index in [2.05, 4.69) is 10.1 Å². The molecule has 0 aliphatic heterocycles. The van der Waals surface area contributed by atoms with E-state index in [1.165, 1.54) is 0 Å². The average molecular weight is 393 g/mol. The molecule has 7 heteroatoms. The molecule has 6 nitrogen and oxygen atoms in total. The lowest BCUT2D eigenvalue weighted by molar-refractivity contribution is 0.0779. The number of hydrogen-bond donors (Lipinski definition) is 0. The molecule has 140 valence electrons. The molecule has 0 atom stereocenters. The van der Waals surface area contributed by atoms with Gasteiger partial charge in [0.2, 0.25) is 0 Å². The van der Waals surface area contributed by atoms with Crippen LogP contribution in [-0.2, 0) is 6.54 Å². The van der Waals surface area contributed by atoms with Gasteiger partial charge in [-0.25, -0.2) is 4.68 Å². The van der Waals surface area contributed by atoms with Crippen LogP contribution in [0.4, 0.5) is 0 Å². The van der Waals surface area contributed by atoms with Crippen LogP contribution in [0.1, 0.15) is 16.1 Å². The number of amides is 1. The van der Waals surface area contributed by atoms with Gasteiger partial charge in [-0.2, -0.15) is 5.10 Å². The third kappa shape index (κ3) is 3.68. The highest BCUT2D eigenvalue weighted by atomic mass is 35.5. The Hall–Kier alpha value is -3.38. The number of carbonyl (C=O) groups is 1. The number of furan rings is 1. The van der Waals surface area contributed by atoms with Gasteiger partial charge in [0.15, 0.2) is 11.5 Å². The Kier molecular flexibility index (Phi) is 4.95. The predicted molar refractivity (Wildman–Crippen MR) is 106 cm³/mol. The van der Waals surface area contributed by atoms with Crippen LogP contribution in [0.2, 0.25) is 5.02 Å². The highest BCUT2D eigenvalue weighted by molar-refractivity contribution is 6.30. The van der Waals surface area contributed by atoms with Crippen molar-refractivity contribution < 1.29 is 9.21 Å². The first kappa shape index (κ1) is 18.0. The molecule has 3 aromatic heterocycles. The molecule has 0 fully saturated rings. The summed E-state index contributed by atoms with van der Waals surface area (Å²) in [6.07, 6.45) is 5.00. The number of halogens is 1. The van der Waals surface area contributed by atoms with E-state index >= 15 is 0 Å². The number of benzene rings is 1. The highest BCUT2D eigenvalue weighted by Crippen LogP contribution is 2.26. The highest BCUT2D eigenvalue weighted by Gasteiger charge is 2.21. The van der Waals surface area contributed by atoms with Crippen LogP contribution in [0, 0.1) is 0 Å². The third-order valence-corrected chi connectivity index (χ3v) is 4.54. The van der Waals surface area contributed by atoms with Gasteiger partial charge < -0.3 is 9.32 Å². The van der Waals surface area contributed by atoms with Gasteiger partial charge >= 0.3 is 0 Å². The Morgan fingerprint density at radius 3 is 2.57 bits per heavy atom. The zero-order chi connectivity index (χ0) is 19.5. The van der Waals surface area contributed by atoms with Crippen LogP contribution in [0.15, 0.2) is 77.7 Å². The quantitative estimate of drug-likeness (QED) is 0.503. The molecule has 0 spiro atoms. The molecule has 0 bridgehead atoms. The molecular formula is C21H17ClN4O2. The molecule has 0 unspecified atom stereocenters. The maximum Gasteiger partial charge on any atom is 0.274 e. The van der Waals surface area contributed by atoms with Crippen molar-refractivity contribution in [1.29, 1.82) is 0 Å². The largest absolute Gasteiger partial charge is 0.463 e. The summed E-state index contributed by atoms with van der Waals surface area (Å²) in [6, 6.07) is 16.4. The minimum Gasteiger partial charge on any atom is -0.463 e. The van der Waals surface area contributed by atoms with Crippen molar-refractivity contribution in [2.24, 2.45) is 0 Å². The molecule has 0 saturated heterocycles. The van der Waals surface area contributed by atoms with E-state index in [0.29, 0.717) is 28.7 Å². The van der Waals surface area contributed by atoms with E-state index in [1.807, 2.05) is 30.3 Å². The van der Waals surface area contributed by atoms with Crippen molar-refractivity contribution in [3.63, 3.8) is 0 Å². The van der Waals surface area contributed by atoms with Crippen molar-refractivity contribution in [2.45, 2.75) is 6.54 Å². The number of nitrogens with zero attached hydrogens (tertiary/aromatic N) is 4. The normalized spacial score (nSPS) is 10.8. The summed E-state index contributed by atoms with van der Waals surface area (Å²) >= 11 is 6.00. The number of carbonyl (C=O) groups excluding carboxylic acids is 1. The molecule has 1 aromatic carbocycles. The Balaban J connectivity index is 1.68. The van der Waals surface area contributed by atoms with E-state index in [1.54, 1.807) is 59.6 Å². The second-order valence-electron chi connectivity index (χ2n) is 6.30. The maximum absolute atomic E-state index is 13.0. The summed E-state index contributed by atoms with van der Waals surface area (Å²) < 4.78 is 7.22. The lowest BCUT2D eigenvalue weighted by Crippen LogP contribution is -2.26. The first-order valence-corrected chi connectivity index (χ1v) is 9.04. The first-order valence-electron chi connectivity index (χ1n) is 8.66. The fraction of sp³-hybridized carbons (Fsp3) is 0.0952. The third-order valence-electron chi connectivity index (χ3n) is 4.29. The lowest BCUT2D eigenvalue weighted by Gasteiger charge is -2.15. The van der Waals surface area contributed by atoms with Crippen LogP contribution >= 0.6 is 11.6 Å². The van der Waals surface area contributed by atoms with Crippen molar-refractivity contribution in [2.75, 3.05) is 7.05 Å². The fourth-order valence-electron chi connectivity index (χ4n) is 2.89. The van der Waals surface area contributed by atoms with Crippen molar-refractivity contribution in [3.05, 3.63) is 89.5 Å². The van der Waals surface area contributed by atoms with Gasteiger partial charge in [0.25, 0.3) is 5.91 Å². The number of rotatable bonds is 5. The Bertz CT molecular complexity index is 1070. The second-order valence-corrected chi connectivity index (χ2v) is 6.73. The van der Waals surface area contributed by atoms with Crippen LogP contribution in [0.3, 0.4) is 0 Å². The number of aromatic nitrogens is 3. The van der Waals surface area contributed by atoms with Crippen molar-refractivity contribution in [3.8, 4) is 17.1 Å². The zero-order valence-corrected chi connectivity index (χ0v) is 15.9. The smallest absolute Gasteiger partial charge is 0.274 e. The van der Waals surface area contributed by atoms with E-state index in [-0.39, 0.29) is 5.91 Å². The molecule has 0 aliphatic rings. The first-order chi connectivity index (χ1) is 13.6. The Labute approximate surface area is 167 Å². The van der Waals surface area contributed by atoms with E-state index in [0.717, 1.165) is 11.3 Å². The van der Waals surface area contributed by atoms with E-state index in [4.69, 9.17) is 16.0 Å².